The Bertz CT molecular complexity index is 344. The van der Waals surface area contributed by atoms with Crippen molar-refractivity contribution in [3.05, 3.63) is 29.8 Å². The van der Waals surface area contributed by atoms with E-state index in [0.717, 1.165) is 0 Å². The maximum absolute atomic E-state index is 11.6. The van der Waals surface area contributed by atoms with Crippen LogP contribution in [0.1, 0.15) is 25.5 Å². The van der Waals surface area contributed by atoms with Crippen molar-refractivity contribution in [1.82, 2.24) is 0 Å². The molecule has 1 aromatic carbocycles. The van der Waals surface area contributed by atoms with Gasteiger partial charge in [0.1, 0.15) is 11.9 Å². The molecule has 1 aromatic rings. The Balaban J connectivity index is 2.90. The highest BCUT2D eigenvalue weighted by Crippen LogP contribution is 2.21. The molecule has 0 unspecified atom stereocenters. The number of rotatable bonds is 4. The van der Waals surface area contributed by atoms with Crippen LogP contribution in [0.25, 0.3) is 0 Å². The van der Waals surface area contributed by atoms with Gasteiger partial charge < -0.3 is 9.84 Å². The standard InChI is InChI=1S/C12H16O3/c1-8(2)11(13)12(14)9-5-4-6-10(7-9)15-3/h4-8,12,14H,1-3H3/t12-/m1/s1. The van der Waals surface area contributed by atoms with Crippen molar-refractivity contribution in [3.63, 3.8) is 0 Å². The molecule has 15 heavy (non-hydrogen) atoms. The molecule has 82 valence electrons. The lowest BCUT2D eigenvalue weighted by Gasteiger charge is -2.13. The molecular weight excluding hydrogens is 192 g/mol. The summed E-state index contributed by atoms with van der Waals surface area (Å²) >= 11 is 0. The van der Waals surface area contributed by atoms with Crippen molar-refractivity contribution in [1.29, 1.82) is 0 Å². The lowest BCUT2D eigenvalue weighted by molar-refractivity contribution is -0.130. The molecule has 0 fully saturated rings. The van der Waals surface area contributed by atoms with Crippen molar-refractivity contribution in [3.8, 4) is 5.75 Å². The van der Waals surface area contributed by atoms with E-state index in [1.54, 1.807) is 45.2 Å². The van der Waals surface area contributed by atoms with Gasteiger partial charge in [-0.2, -0.15) is 0 Å². The first-order chi connectivity index (χ1) is 7.06. The van der Waals surface area contributed by atoms with Gasteiger partial charge in [-0.15, -0.1) is 0 Å². The molecule has 0 heterocycles. The molecule has 1 atom stereocenters. The summed E-state index contributed by atoms with van der Waals surface area (Å²) in [6, 6.07) is 6.92. The van der Waals surface area contributed by atoms with Gasteiger partial charge in [-0.3, -0.25) is 4.79 Å². The zero-order valence-electron chi connectivity index (χ0n) is 9.23. The highest BCUT2D eigenvalue weighted by Gasteiger charge is 2.20. The van der Waals surface area contributed by atoms with Crippen LogP contribution >= 0.6 is 0 Å². The normalized spacial score (nSPS) is 12.6. The van der Waals surface area contributed by atoms with E-state index in [-0.39, 0.29) is 11.7 Å². The average Bonchev–Trinajstić information content (AvgIpc) is 2.27. The monoisotopic (exact) mass is 208 g/mol. The van der Waals surface area contributed by atoms with Crippen LogP contribution in [-0.4, -0.2) is 18.0 Å². The predicted octanol–water partition coefficient (Wildman–Crippen LogP) is 1.95. The molecule has 0 saturated heterocycles. The largest absolute Gasteiger partial charge is 0.497 e. The van der Waals surface area contributed by atoms with Gasteiger partial charge in [-0.05, 0) is 17.7 Å². The van der Waals surface area contributed by atoms with Crippen LogP contribution in [0, 0.1) is 5.92 Å². The van der Waals surface area contributed by atoms with Crippen molar-refractivity contribution >= 4 is 5.78 Å². The molecule has 0 spiro atoms. The summed E-state index contributed by atoms with van der Waals surface area (Å²) in [5, 5.41) is 9.77. The first-order valence-corrected chi connectivity index (χ1v) is 4.92. The third-order valence-corrected chi connectivity index (χ3v) is 2.25. The van der Waals surface area contributed by atoms with Gasteiger partial charge in [-0.25, -0.2) is 0 Å². The number of carbonyl (C=O) groups excluding carboxylic acids is 1. The molecule has 0 aliphatic rings. The van der Waals surface area contributed by atoms with Crippen LogP contribution in [0.4, 0.5) is 0 Å². The summed E-state index contributed by atoms with van der Waals surface area (Å²) in [6.07, 6.45) is -1.06. The molecule has 0 saturated carbocycles. The minimum Gasteiger partial charge on any atom is -0.497 e. The van der Waals surface area contributed by atoms with Crippen molar-refractivity contribution in [2.75, 3.05) is 7.11 Å². The Morgan fingerprint density at radius 2 is 2.07 bits per heavy atom. The van der Waals surface area contributed by atoms with Gasteiger partial charge in [0.25, 0.3) is 0 Å². The van der Waals surface area contributed by atoms with Crippen LogP contribution < -0.4 is 4.74 Å². The average molecular weight is 208 g/mol. The number of Topliss-reactive ketones (excluding diaryl/α,β-unsaturated/α-hetero) is 1. The van der Waals surface area contributed by atoms with Gasteiger partial charge >= 0.3 is 0 Å². The molecule has 1 N–H and O–H groups in total. The van der Waals surface area contributed by atoms with Crippen LogP contribution in [0.15, 0.2) is 24.3 Å². The van der Waals surface area contributed by atoms with E-state index in [9.17, 15) is 9.90 Å². The molecule has 0 aromatic heterocycles. The Labute approximate surface area is 89.7 Å². The van der Waals surface area contributed by atoms with E-state index in [0.29, 0.717) is 11.3 Å². The topological polar surface area (TPSA) is 46.5 Å². The molecule has 0 aliphatic carbocycles. The summed E-state index contributed by atoms with van der Waals surface area (Å²) in [4.78, 5) is 11.6. The molecule has 1 rings (SSSR count). The van der Waals surface area contributed by atoms with E-state index in [1.165, 1.54) is 0 Å². The van der Waals surface area contributed by atoms with Gasteiger partial charge in [-0.1, -0.05) is 26.0 Å². The number of aliphatic hydroxyl groups excluding tert-OH is 1. The molecule has 0 radical (unpaired) electrons. The van der Waals surface area contributed by atoms with Crippen molar-refractivity contribution in [2.24, 2.45) is 5.92 Å². The maximum Gasteiger partial charge on any atom is 0.168 e. The number of carbonyl (C=O) groups is 1. The number of hydrogen-bond acceptors (Lipinski definition) is 3. The van der Waals surface area contributed by atoms with E-state index >= 15 is 0 Å². The van der Waals surface area contributed by atoms with Gasteiger partial charge in [0, 0.05) is 5.92 Å². The first kappa shape index (κ1) is 11.7. The zero-order valence-corrected chi connectivity index (χ0v) is 9.23. The molecule has 0 amide bonds. The van der Waals surface area contributed by atoms with E-state index in [2.05, 4.69) is 0 Å². The van der Waals surface area contributed by atoms with Gasteiger partial charge in [0.2, 0.25) is 0 Å². The minimum absolute atomic E-state index is 0.175. The number of methoxy groups -OCH3 is 1. The molecule has 0 aliphatic heterocycles. The van der Waals surface area contributed by atoms with E-state index in [1.807, 2.05) is 0 Å². The second-order valence-electron chi connectivity index (χ2n) is 3.74. The number of ketones is 1. The summed E-state index contributed by atoms with van der Waals surface area (Å²) in [5.41, 5.74) is 0.577. The molecule has 3 heteroatoms. The summed E-state index contributed by atoms with van der Waals surface area (Å²) in [5.74, 6) is 0.289. The quantitative estimate of drug-likeness (QED) is 0.822. The maximum atomic E-state index is 11.6. The summed E-state index contributed by atoms with van der Waals surface area (Å²) in [7, 11) is 1.55. The van der Waals surface area contributed by atoms with E-state index < -0.39 is 6.10 Å². The summed E-state index contributed by atoms with van der Waals surface area (Å²) < 4.78 is 5.02. The lowest BCUT2D eigenvalue weighted by atomic mass is 9.98. The first-order valence-electron chi connectivity index (χ1n) is 4.92. The third kappa shape index (κ3) is 2.80. The van der Waals surface area contributed by atoms with Gasteiger partial charge in [0.05, 0.1) is 7.11 Å². The Hall–Kier alpha value is -1.35. The van der Waals surface area contributed by atoms with Crippen LogP contribution in [0.2, 0.25) is 0 Å². The predicted molar refractivity (Wildman–Crippen MR) is 57.8 cm³/mol. The molecule has 3 nitrogen and oxygen atoms in total. The Morgan fingerprint density at radius 1 is 1.40 bits per heavy atom. The fourth-order valence-corrected chi connectivity index (χ4v) is 1.29. The summed E-state index contributed by atoms with van der Waals surface area (Å²) in [6.45, 7) is 3.54. The number of ether oxygens (including phenoxy) is 1. The fourth-order valence-electron chi connectivity index (χ4n) is 1.29. The van der Waals surface area contributed by atoms with Crippen molar-refractivity contribution in [2.45, 2.75) is 20.0 Å². The van der Waals surface area contributed by atoms with Crippen LogP contribution in [0.5, 0.6) is 5.75 Å². The number of aliphatic hydroxyl groups is 1. The lowest BCUT2D eigenvalue weighted by Crippen LogP contribution is -2.17. The van der Waals surface area contributed by atoms with Gasteiger partial charge in [0.15, 0.2) is 5.78 Å². The van der Waals surface area contributed by atoms with Crippen LogP contribution in [0.3, 0.4) is 0 Å². The highest BCUT2D eigenvalue weighted by atomic mass is 16.5. The Kier molecular flexibility index (Phi) is 3.86. The second kappa shape index (κ2) is 4.94. The smallest absolute Gasteiger partial charge is 0.168 e. The minimum atomic E-state index is -1.06. The highest BCUT2D eigenvalue weighted by molar-refractivity contribution is 5.85. The molecular formula is C12H16O3. The fraction of sp³-hybridized carbons (Fsp3) is 0.417. The van der Waals surface area contributed by atoms with E-state index in [4.69, 9.17) is 4.74 Å². The van der Waals surface area contributed by atoms with Crippen molar-refractivity contribution < 1.29 is 14.6 Å². The van der Waals surface area contributed by atoms with Crippen LogP contribution in [-0.2, 0) is 4.79 Å². The Morgan fingerprint density at radius 3 is 2.60 bits per heavy atom. The molecule has 0 bridgehead atoms. The zero-order chi connectivity index (χ0) is 11.4. The number of hydrogen-bond donors (Lipinski definition) is 1. The number of benzene rings is 1. The second-order valence-corrected chi connectivity index (χ2v) is 3.74. The third-order valence-electron chi connectivity index (χ3n) is 2.25. The SMILES string of the molecule is COc1cccc([C@@H](O)C(=O)C(C)C)c1.